The molecule has 12 heteroatoms. The summed E-state index contributed by atoms with van der Waals surface area (Å²) in [7, 11) is 0. The molecule has 266 valence electrons. The van der Waals surface area contributed by atoms with Crippen LogP contribution < -0.4 is 15.0 Å². The van der Waals surface area contributed by atoms with Crippen LogP contribution in [-0.4, -0.2) is 57.9 Å². The van der Waals surface area contributed by atoms with E-state index in [0.29, 0.717) is 36.1 Å². The van der Waals surface area contributed by atoms with E-state index >= 15 is 0 Å². The number of amides is 1. The Hall–Kier alpha value is -4.22. The van der Waals surface area contributed by atoms with E-state index < -0.39 is 17.8 Å². The van der Waals surface area contributed by atoms with Gasteiger partial charge in [0.2, 0.25) is 5.82 Å². The molecule has 1 atom stereocenters. The molecule has 0 saturated carbocycles. The number of nitrogens with zero attached hydrogens (tertiary/aromatic N) is 6. The molecule has 2 aromatic carbocycles. The van der Waals surface area contributed by atoms with Crippen LogP contribution in [0.4, 0.5) is 24.5 Å². The number of hydrogen-bond acceptors (Lipinski definition) is 7. The van der Waals surface area contributed by atoms with Gasteiger partial charge in [-0.2, -0.15) is 18.3 Å². The number of ether oxygens (including phenoxy) is 1. The van der Waals surface area contributed by atoms with Gasteiger partial charge in [0, 0.05) is 37.3 Å². The number of aliphatic imine (C=N–C) groups is 1. The second kappa shape index (κ2) is 14.7. The molecule has 0 bridgehead atoms. The predicted molar refractivity (Wildman–Crippen MR) is 190 cm³/mol. The number of carbonyl (C=O) groups is 1. The number of rotatable bonds is 14. The third-order valence-electron chi connectivity index (χ3n) is 9.66. The van der Waals surface area contributed by atoms with E-state index in [4.69, 9.17) is 4.74 Å². The molecule has 4 rings (SSSR count). The summed E-state index contributed by atoms with van der Waals surface area (Å²) in [6, 6.07) is 10.4. The fourth-order valence-corrected chi connectivity index (χ4v) is 5.57. The highest BCUT2D eigenvalue weighted by atomic mass is 19.4. The van der Waals surface area contributed by atoms with Crippen molar-refractivity contribution in [1.82, 2.24) is 20.2 Å². The summed E-state index contributed by atoms with van der Waals surface area (Å²) < 4.78 is 48.6. The molecule has 1 aliphatic rings. The van der Waals surface area contributed by atoms with Crippen molar-refractivity contribution < 1.29 is 22.7 Å². The highest BCUT2D eigenvalue weighted by molar-refractivity contribution is 6.48. The van der Waals surface area contributed by atoms with Gasteiger partial charge in [-0.15, -0.1) is 9.89 Å². The molecular weight excluding hydrogens is 631 g/mol. The summed E-state index contributed by atoms with van der Waals surface area (Å²) in [6.45, 7) is 21.7. The van der Waals surface area contributed by atoms with Crippen LogP contribution in [0, 0.1) is 0 Å². The normalized spacial score (nSPS) is 14.9. The number of nitrogens with one attached hydrogen (secondary N) is 1. The van der Waals surface area contributed by atoms with E-state index in [9.17, 15) is 18.0 Å². The summed E-state index contributed by atoms with van der Waals surface area (Å²) in [4.78, 5) is 25.1. The van der Waals surface area contributed by atoms with Gasteiger partial charge in [0.15, 0.2) is 11.9 Å². The molecule has 1 aliphatic heterocycles. The summed E-state index contributed by atoms with van der Waals surface area (Å²) in [6.07, 6.45) is -3.17. The molecule has 1 aromatic heterocycles. The Morgan fingerprint density at radius 1 is 0.980 bits per heavy atom. The lowest BCUT2D eigenvalue weighted by Crippen LogP contribution is -2.38. The van der Waals surface area contributed by atoms with Gasteiger partial charge in [-0.3, -0.25) is 4.79 Å². The Kier molecular flexibility index (Phi) is 11.3. The molecule has 0 spiro atoms. The van der Waals surface area contributed by atoms with E-state index in [1.807, 2.05) is 24.8 Å². The molecular formula is C37H50F3N7O2. The Labute approximate surface area is 288 Å². The van der Waals surface area contributed by atoms with Crippen LogP contribution in [0.3, 0.4) is 0 Å². The van der Waals surface area contributed by atoms with Crippen molar-refractivity contribution in [2.24, 2.45) is 10.1 Å². The van der Waals surface area contributed by atoms with E-state index in [1.165, 1.54) is 16.4 Å². The lowest BCUT2D eigenvalue weighted by atomic mass is 9.76. The average molecular weight is 682 g/mol. The summed E-state index contributed by atoms with van der Waals surface area (Å²) in [5, 5.41) is 11.6. The van der Waals surface area contributed by atoms with Crippen LogP contribution in [-0.2, 0) is 28.2 Å². The molecule has 1 unspecified atom stereocenters. The molecule has 1 N–H and O–H groups in total. The first-order valence-electron chi connectivity index (χ1n) is 17.1. The van der Waals surface area contributed by atoms with Gasteiger partial charge in [-0.05, 0) is 81.2 Å². The Morgan fingerprint density at radius 3 is 2.27 bits per heavy atom. The second-order valence-electron chi connectivity index (χ2n) is 13.7. The van der Waals surface area contributed by atoms with Crippen molar-refractivity contribution in [2.45, 2.75) is 112 Å². The number of alkyl halides is 3. The van der Waals surface area contributed by atoms with Crippen molar-refractivity contribution in [1.29, 1.82) is 0 Å². The number of hydrogen-bond donors (Lipinski definition) is 1. The number of fused-ring (bicyclic) bond motifs is 1. The molecule has 3 aromatic rings. The zero-order valence-corrected chi connectivity index (χ0v) is 30.4. The molecule has 49 heavy (non-hydrogen) atoms. The highest BCUT2D eigenvalue weighted by Crippen LogP contribution is 2.40. The van der Waals surface area contributed by atoms with Crippen molar-refractivity contribution >= 4 is 28.7 Å². The zero-order valence-electron chi connectivity index (χ0n) is 30.4. The van der Waals surface area contributed by atoms with Crippen LogP contribution in [0.15, 0.2) is 46.5 Å². The minimum absolute atomic E-state index is 0.0147. The Morgan fingerprint density at radius 2 is 1.65 bits per heavy atom. The van der Waals surface area contributed by atoms with Crippen LogP contribution in [0.25, 0.3) is 0 Å². The predicted octanol–water partition coefficient (Wildman–Crippen LogP) is 8.00. The summed E-state index contributed by atoms with van der Waals surface area (Å²) in [5.41, 5.74) is 2.21. The van der Waals surface area contributed by atoms with E-state index in [-0.39, 0.29) is 46.9 Å². The second-order valence-corrected chi connectivity index (χ2v) is 13.7. The lowest BCUT2D eigenvalue weighted by Gasteiger charge is -2.31. The standard InChI is InChI=1S/C37H50F3N7O2/c1-11-35(7,8)25-15-18-30(28(21-25)36(9,10)12-2)49-24(6)34(48)41-20-19-31-43-33-32(23(5)44-47(33)45-31)42-29-17-16-26(46(13-3)14-4)22-27(29)37(38,39)40/h15-18,21-22,24H,11-14,19-20H2,1-10H3,(H,41,48). The van der Waals surface area contributed by atoms with Gasteiger partial charge in [-0.25, -0.2) is 9.98 Å². The van der Waals surface area contributed by atoms with Crippen molar-refractivity contribution in [3.05, 3.63) is 64.7 Å². The molecule has 0 saturated heterocycles. The first-order valence-corrected chi connectivity index (χ1v) is 17.1. The lowest BCUT2D eigenvalue weighted by molar-refractivity contribution is -0.137. The van der Waals surface area contributed by atoms with Crippen LogP contribution in [0.2, 0.25) is 0 Å². The van der Waals surface area contributed by atoms with Gasteiger partial charge in [0.05, 0.1) is 17.0 Å². The largest absolute Gasteiger partial charge is 0.481 e. The maximum Gasteiger partial charge on any atom is 0.418 e. The van der Waals surface area contributed by atoms with Gasteiger partial charge in [0.1, 0.15) is 11.5 Å². The van der Waals surface area contributed by atoms with Crippen LogP contribution >= 0.6 is 0 Å². The zero-order chi connectivity index (χ0) is 36.3. The topological polar surface area (TPSA) is 97.0 Å². The SMILES string of the molecule is CCN(CC)c1ccc(N=C2C(C)=Nn3nc(CCNC(=O)C(C)Oc4ccc(C(C)(C)CC)cc4C(C)(C)CC)nc32)c(C(F)(F)F)c1. The molecule has 0 fully saturated rings. The van der Waals surface area contributed by atoms with Crippen molar-refractivity contribution in [3.63, 3.8) is 0 Å². The fraction of sp³-hybridized carbons (Fsp3) is 0.541. The van der Waals surface area contributed by atoms with Gasteiger partial charge in [0.25, 0.3) is 5.91 Å². The Bertz CT molecular complexity index is 1720. The number of aromatic nitrogens is 3. The monoisotopic (exact) mass is 681 g/mol. The number of carbonyl (C=O) groups excluding carboxylic acids is 1. The number of anilines is 1. The highest BCUT2D eigenvalue weighted by Gasteiger charge is 2.35. The Balaban J connectivity index is 1.46. The van der Waals surface area contributed by atoms with Gasteiger partial charge < -0.3 is 15.0 Å². The molecule has 2 heterocycles. The van der Waals surface area contributed by atoms with Crippen molar-refractivity contribution in [3.8, 4) is 5.75 Å². The number of halogens is 3. The minimum Gasteiger partial charge on any atom is -0.481 e. The number of benzene rings is 2. The third kappa shape index (κ3) is 8.33. The average Bonchev–Trinajstić information content (AvgIpc) is 3.57. The van der Waals surface area contributed by atoms with Crippen LogP contribution in [0.5, 0.6) is 5.75 Å². The molecule has 0 radical (unpaired) electrons. The molecule has 1 amide bonds. The smallest absolute Gasteiger partial charge is 0.418 e. The molecule has 0 aliphatic carbocycles. The van der Waals surface area contributed by atoms with E-state index in [1.54, 1.807) is 19.9 Å². The first-order chi connectivity index (χ1) is 22.9. The van der Waals surface area contributed by atoms with Gasteiger partial charge >= 0.3 is 6.18 Å². The minimum atomic E-state index is -4.60. The first kappa shape index (κ1) is 37.6. The van der Waals surface area contributed by atoms with E-state index in [2.05, 4.69) is 79.2 Å². The summed E-state index contributed by atoms with van der Waals surface area (Å²) in [5.74, 6) is 1.03. The summed E-state index contributed by atoms with van der Waals surface area (Å²) >= 11 is 0. The van der Waals surface area contributed by atoms with E-state index in [0.717, 1.165) is 24.5 Å². The fourth-order valence-electron chi connectivity index (χ4n) is 5.57. The van der Waals surface area contributed by atoms with Gasteiger partial charge in [-0.1, -0.05) is 53.7 Å². The maximum atomic E-state index is 14.1. The maximum absolute atomic E-state index is 14.1. The van der Waals surface area contributed by atoms with Crippen LogP contribution in [0.1, 0.15) is 110 Å². The van der Waals surface area contributed by atoms with Crippen molar-refractivity contribution in [2.75, 3.05) is 24.5 Å². The third-order valence-corrected chi connectivity index (χ3v) is 9.66. The molecule has 9 nitrogen and oxygen atoms in total. The quantitative estimate of drug-likeness (QED) is 0.186.